The van der Waals surface area contributed by atoms with Crippen LogP contribution in [0.5, 0.6) is 0 Å². The summed E-state index contributed by atoms with van der Waals surface area (Å²) in [7, 11) is 0. The van der Waals surface area contributed by atoms with Gasteiger partial charge in [-0.2, -0.15) is 0 Å². The van der Waals surface area contributed by atoms with Gasteiger partial charge in [0.05, 0.1) is 18.4 Å². The number of nitro groups is 1. The van der Waals surface area contributed by atoms with Crippen molar-refractivity contribution in [3.05, 3.63) is 28.4 Å². The number of pyridine rings is 1. The predicted molar refractivity (Wildman–Crippen MR) is 67.6 cm³/mol. The number of nitrogens with one attached hydrogen (secondary N) is 1. The lowest BCUT2D eigenvalue weighted by atomic mass is 10.3. The minimum Gasteiger partial charge on any atom is -0.380 e. The van der Waals surface area contributed by atoms with Gasteiger partial charge in [0, 0.05) is 12.6 Å². The van der Waals surface area contributed by atoms with Gasteiger partial charge in [-0.15, -0.1) is 0 Å². The maximum Gasteiger partial charge on any atom is 0.363 e. The smallest absolute Gasteiger partial charge is 0.363 e. The standard InChI is InChI=1S/C12H17N3O3/c16-15(17)12-6-5-10(9-14-12)13-7-8-18-11-3-1-2-4-11/h5-6,9,11,13H,1-4,7-8H2. The minimum absolute atomic E-state index is 0.136. The lowest BCUT2D eigenvalue weighted by Gasteiger charge is -2.11. The summed E-state index contributed by atoms with van der Waals surface area (Å²) in [6.45, 7) is 1.34. The zero-order chi connectivity index (χ0) is 12.8. The Morgan fingerprint density at radius 2 is 2.22 bits per heavy atom. The summed E-state index contributed by atoms with van der Waals surface area (Å²) < 4.78 is 5.70. The Labute approximate surface area is 106 Å². The average molecular weight is 251 g/mol. The van der Waals surface area contributed by atoms with Gasteiger partial charge < -0.3 is 20.2 Å². The summed E-state index contributed by atoms with van der Waals surface area (Å²) in [5.74, 6) is -0.136. The highest BCUT2D eigenvalue weighted by atomic mass is 16.6. The van der Waals surface area contributed by atoms with Gasteiger partial charge in [0.2, 0.25) is 0 Å². The molecule has 6 nitrogen and oxygen atoms in total. The molecular formula is C12H17N3O3. The Hall–Kier alpha value is -1.69. The third-order valence-electron chi connectivity index (χ3n) is 3.02. The fraction of sp³-hybridized carbons (Fsp3) is 0.583. The highest BCUT2D eigenvalue weighted by Gasteiger charge is 2.14. The van der Waals surface area contributed by atoms with Gasteiger partial charge in [0.15, 0.2) is 6.20 Å². The monoisotopic (exact) mass is 251 g/mol. The highest BCUT2D eigenvalue weighted by molar-refractivity contribution is 5.43. The van der Waals surface area contributed by atoms with Crippen molar-refractivity contribution in [2.75, 3.05) is 18.5 Å². The topological polar surface area (TPSA) is 77.3 Å². The van der Waals surface area contributed by atoms with Crippen LogP contribution < -0.4 is 5.32 Å². The third kappa shape index (κ3) is 3.66. The number of anilines is 1. The van der Waals surface area contributed by atoms with E-state index in [-0.39, 0.29) is 5.82 Å². The first-order valence-corrected chi connectivity index (χ1v) is 6.21. The zero-order valence-corrected chi connectivity index (χ0v) is 10.2. The van der Waals surface area contributed by atoms with Gasteiger partial charge in [-0.3, -0.25) is 0 Å². The van der Waals surface area contributed by atoms with Crippen LogP contribution in [-0.2, 0) is 4.74 Å². The van der Waals surface area contributed by atoms with Crippen molar-refractivity contribution in [1.29, 1.82) is 0 Å². The average Bonchev–Trinajstić information content (AvgIpc) is 2.88. The van der Waals surface area contributed by atoms with Crippen molar-refractivity contribution in [1.82, 2.24) is 4.98 Å². The van der Waals surface area contributed by atoms with Crippen LogP contribution in [0.15, 0.2) is 18.3 Å². The summed E-state index contributed by atoms with van der Waals surface area (Å²) >= 11 is 0. The molecule has 0 radical (unpaired) electrons. The van der Waals surface area contributed by atoms with Crippen molar-refractivity contribution in [2.45, 2.75) is 31.8 Å². The second kappa shape index (κ2) is 6.30. The number of hydrogen-bond donors (Lipinski definition) is 1. The molecule has 0 saturated heterocycles. The summed E-state index contributed by atoms with van der Waals surface area (Å²) in [5.41, 5.74) is 0.774. The number of rotatable bonds is 6. The molecule has 0 atom stereocenters. The lowest BCUT2D eigenvalue weighted by molar-refractivity contribution is -0.389. The lowest BCUT2D eigenvalue weighted by Crippen LogP contribution is -2.15. The van der Waals surface area contributed by atoms with E-state index in [0.29, 0.717) is 19.3 Å². The number of ether oxygens (including phenoxy) is 1. The van der Waals surface area contributed by atoms with Crippen molar-refractivity contribution in [3.63, 3.8) is 0 Å². The van der Waals surface area contributed by atoms with E-state index in [2.05, 4.69) is 10.3 Å². The second-order valence-electron chi connectivity index (χ2n) is 4.37. The molecule has 0 bridgehead atoms. The number of hydrogen-bond acceptors (Lipinski definition) is 5. The molecule has 1 saturated carbocycles. The quantitative estimate of drug-likeness (QED) is 0.477. The molecule has 1 N–H and O–H groups in total. The molecular weight excluding hydrogens is 234 g/mol. The molecule has 2 rings (SSSR count). The molecule has 1 aliphatic carbocycles. The molecule has 1 aromatic heterocycles. The second-order valence-corrected chi connectivity index (χ2v) is 4.37. The summed E-state index contributed by atoms with van der Waals surface area (Å²) in [6.07, 6.45) is 6.75. The molecule has 1 aliphatic rings. The highest BCUT2D eigenvalue weighted by Crippen LogP contribution is 2.20. The fourth-order valence-electron chi connectivity index (χ4n) is 2.07. The molecule has 18 heavy (non-hydrogen) atoms. The van der Waals surface area contributed by atoms with E-state index in [1.807, 2.05) is 0 Å². The van der Waals surface area contributed by atoms with E-state index in [1.54, 1.807) is 6.07 Å². The SMILES string of the molecule is O=[N+]([O-])c1ccc(NCCOC2CCCC2)cn1. The largest absolute Gasteiger partial charge is 0.380 e. The molecule has 0 aromatic carbocycles. The normalized spacial score (nSPS) is 15.8. The Morgan fingerprint density at radius 3 is 2.83 bits per heavy atom. The maximum absolute atomic E-state index is 10.4. The predicted octanol–water partition coefficient (Wildman–Crippen LogP) is 2.36. The van der Waals surface area contributed by atoms with Gasteiger partial charge >= 0.3 is 5.82 Å². The van der Waals surface area contributed by atoms with Crippen LogP contribution >= 0.6 is 0 Å². The van der Waals surface area contributed by atoms with E-state index in [1.165, 1.54) is 37.9 Å². The Bertz CT molecular complexity index is 388. The molecule has 0 spiro atoms. The minimum atomic E-state index is -0.507. The van der Waals surface area contributed by atoms with E-state index >= 15 is 0 Å². The summed E-state index contributed by atoms with van der Waals surface area (Å²) in [4.78, 5) is 13.6. The summed E-state index contributed by atoms with van der Waals surface area (Å²) in [5, 5.41) is 13.5. The first-order chi connectivity index (χ1) is 8.75. The van der Waals surface area contributed by atoms with Crippen LogP contribution in [0.3, 0.4) is 0 Å². The van der Waals surface area contributed by atoms with Crippen LogP contribution in [0.1, 0.15) is 25.7 Å². The number of aromatic nitrogens is 1. The van der Waals surface area contributed by atoms with E-state index in [4.69, 9.17) is 4.74 Å². The first kappa shape index (κ1) is 12.8. The van der Waals surface area contributed by atoms with Crippen molar-refractivity contribution in [3.8, 4) is 0 Å². The van der Waals surface area contributed by atoms with Crippen LogP contribution in [0.4, 0.5) is 11.5 Å². The van der Waals surface area contributed by atoms with Crippen molar-refractivity contribution < 1.29 is 9.66 Å². The third-order valence-corrected chi connectivity index (χ3v) is 3.02. The molecule has 0 unspecified atom stereocenters. The molecule has 0 aliphatic heterocycles. The van der Waals surface area contributed by atoms with Crippen LogP contribution in [0, 0.1) is 10.1 Å². The number of nitrogens with zero attached hydrogens (tertiary/aromatic N) is 2. The first-order valence-electron chi connectivity index (χ1n) is 6.21. The van der Waals surface area contributed by atoms with Crippen molar-refractivity contribution in [2.24, 2.45) is 0 Å². The molecule has 1 heterocycles. The van der Waals surface area contributed by atoms with E-state index in [9.17, 15) is 10.1 Å². The van der Waals surface area contributed by atoms with Gasteiger partial charge in [-0.25, -0.2) is 0 Å². The van der Waals surface area contributed by atoms with Crippen molar-refractivity contribution >= 4 is 11.5 Å². The van der Waals surface area contributed by atoms with Crippen LogP contribution in [0.25, 0.3) is 0 Å². The van der Waals surface area contributed by atoms with Crippen LogP contribution in [0.2, 0.25) is 0 Å². The molecule has 1 fully saturated rings. The fourth-order valence-corrected chi connectivity index (χ4v) is 2.07. The Kier molecular flexibility index (Phi) is 4.46. The van der Waals surface area contributed by atoms with Gasteiger partial charge in [0.1, 0.15) is 0 Å². The van der Waals surface area contributed by atoms with Gasteiger partial charge in [0.25, 0.3) is 0 Å². The van der Waals surface area contributed by atoms with Gasteiger partial charge in [-0.05, 0) is 28.8 Å². The molecule has 98 valence electrons. The van der Waals surface area contributed by atoms with E-state index < -0.39 is 4.92 Å². The Balaban J connectivity index is 1.68. The van der Waals surface area contributed by atoms with Gasteiger partial charge in [-0.1, -0.05) is 12.8 Å². The molecule has 0 amide bonds. The summed E-state index contributed by atoms with van der Waals surface area (Å²) in [6, 6.07) is 3.04. The van der Waals surface area contributed by atoms with E-state index in [0.717, 1.165) is 5.69 Å². The zero-order valence-electron chi connectivity index (χ0n) is 10.2. The molecule has 6 heteroatoms. The maximum atomic E-state index is 10.4. The molecule has 1 aromatic rings. The Morgan fingerprint density at radius 1 is 1.44 bits per heavy atom. The van der Waals surface area contributed by atoms with Crippen LogP contribution in [-0.4, -0.2) is 29.2 Å².